The summed E-state index contributed by atoms with van der Waals surface area (Å²) in [6.45, 7) is 10.2. The Kier molecular flexibility index (Phi) is 19.6. The van der Waals surface area contributed by atoms with Gasteiger partial charge in [0, 0.05) is 138 Å². The van der Waals surface area contributed by atoms with Gasteiger partial charge in [-0.1, -0.05) is 335 Å². The molecule has 0 spiro atoms. The summed E-state index contributed by atoms with van der Waals surface area (Å²) in [5, 5.41) is 14.2. The van der Waals surface area contributed by atoms with E-state index in [2.05, 4.69) is 492 Å². The standard InChI is InChI=1S/C68H45N3O.C63H42N2O2/c1-2-45-22-33-54(34-23-45)71-65-20-9-5-14-59(65)62-44-50(32-43-66(62)71)48-26-24-46(25-27-48)47-28-35-51(36-29-47)69(52-37-30-49(31-38-52)56-16-11-17-61-60-15-6-10-21-67(60)72-68(56)61)53-39-41-55(42-40-53)70-63-18-7-3-12-57(63)58-13-4-8-19-64(58)70;1-40(2)49-15-9-19-56-57-20-11-17-51(63(57)67-61(49)56)44-30-38-47(39-31-44)64(46-36-28-43(29-37-46)50-16-10-18-55-54-14-5-8-23-60(54)66-62(50)55)45-32-24-41(25-33-45)42-26-34-48(35-27-42)65-58-21-6-3-12-52(58)53-13-4-7-22-59(53)65/h2-44H,1H2;3-39H,1H2,2H3. The number of allylic oxidation sites excluding steroid dienone is 1. The maximum absolute atomic E-state index is 6.67. The predicted molar refractivity (Wildman–Crippen MR) is 585 cm³/mol. The summed E-state index contributed by atoms with van der Waals surface area (Å²) < 4.78 is 26.7. The quantitative estimate of drug-likeness (QED) is 0.0909. The van der Waals surface area contributed by atoms with Crippen molar-refractivity contribution in [2.45, 2.75) is 6.92 Å². The maximum atomic E-state index is 6.67. The molecule has 0 saturated carbocycles. The molecule has 6 aromatic heterocycles. The van der Waals surface area contributed by atoms with Crippen LogP contribution in [0.15, 0.2) is 506 Å². The second-order valence-electron chi connectivity index (χ2n) is 36.0. The number of rotatable bonds is 17. The van der Waals surface area contributed by atoms with Crippen LogP contribution in [0.25, 0.3) is 227 Å². The number of furan rings is 3. The molecule has 654 valence electrons. The normalized spacial score (nSPS) is 11.7. The van der Waals surface area contributed by atoms with Crippen LogP contribution >= 0.6 is 0 Å². The molecule has 0 aliphatic rings. The molecule has 6 heterocycles. The van der Waals surface area contributed by atoms with Gasteiger partial charge in [-0.25, -0.2) is 0 Å². The predicted octanol–water partition coefficient (Wildman–Crippen LogP) is 37.0. The van der Waals surface area contributed by atoms with E-state index in [1.54, 1.807) is 0 Å². The number of para-hydroxylation sites is 11. The van der Waals surface area contributed by atoms with E-state index >= 15 is 0 Å². The lowest BCUT2D eigenvalue weighted by Crippen LogP contribution is -2.10. The summed E-state index contributed by atoms with van der Waals surface area (Å²) in [6, 6.07) is 172. The van der Waals surface area contributed by atoms with Crippen LogP contribution in [0, 0.1) is 0 Å². The van der Waals surface area contributed by atoms with Crippen molar-refractivity contribution >= 4 is 177 Å². The van der Waals surface area contributed by atoms with Gasteiger partial charge in [-0.05, 0) is 232 Å². The van der Waals surface area contributed by atoms with Crippen LogP contribution in [0.5, 0.6) is 0 Å². The number of anilines is 6. The van der Waals surface area contributed by atoms with E-state index in [4.69, 9.17) is 13.3 Å². The number of aromatic nitrogens is 3. The molecule has 0 amide bonds. The zero-order valence-corrected chi connectivity index (χ0v) is 76.1. The molecular weight excluding hydrogens is 1690 g/mol. The highest BCUT2D eigenvalue weighted by Gasteiger charge is 2.24. The molecule has 8 heteroatoms. The van der Waals surface area contributed by atoms with Gasteiger partial charge in [-0.15, -0.1) is 0 Å². The van der Waals surface area contributed by atoms with Crippen molar-refractivity contribution in [3.8, 4) is 83.8 Å². The van der Waals surface area contributed by atoms with E-state index < -0.39 is 0 Å². The van der Waals surface area contributed by atoms with Crippen LogP contribution in [0.4, 0.5) is 34.1 Å². The Morgan fingerprint density at radius 1 is 0.216 bits per heavy atom. The first-order valence-electron chi connectivity index (χ1n) is 47.3. The van der Waals surface area contributed by atoms with E-state index in [9.17, 15) is 0 Å². The molecule has 0 radical (unpaired) electrons. The molecule has 8 nitrogen and oxygen atoms in total. The second kappa shape index (κ2) is 33.6. The molecule has 21 aromatic carbocycles. The van der Waals surface area contributed by atoms with Crippen molar-refractivity contribution < 1.29 is 13.3 Å². The Labute approximate surface area is 802 Å². The van der Waals surface area contributed by atoms with Gasteiger partial charge in [0.15, 0.2) is 0 Å². The summed E-state index contributed by atoms with van der Waals surface area (Å²) in [4.78, 5) is 4.67. The molecule has 0 unspecified atom stereocenters. The zero-order chi connectivity index (χ0) is 92.3. The van der Waals surface area contributed by atoms with Gasteiger partial charge in [0.25, 0.3) is 0 Å². The van der Waals surface area contributed by atoms with Gasteiger partial charge in [-0.3, -0.25) is 0 Å². The monoisotopic (exact) mass is 1780 g/mol. The molecule has 0 aliphatic heterocycles. The SMILES string of the molecule is C=C(C)c1cccc2c1oc1c(-c3ccc(N(c4ccc(-c5ccc(-n6c7ccccc7c7ccccc76)cc5)cc4)c4ccc(-c5cccc6c5oc5ccccc56)cc4)cc3)cccc12.C=Cc1ccc(-n2c3ccccc3c3cc(-c4ccc(-c5ccc(N(c6ccc(-c7cccc8c7oc7ccccc78)cc6)c6ccc(-n7c8ccccc8c8ccccc87)cc6)cc5)cc4)ccc32)cc1. The summed E-state index contributed by atoms with van der Waals surface area (Å²) in [6.07, 6.45) is 1.89. The van der Waals surface area contributed by atoms with Gasteiger partial charge in [0.2, 0.25) is 0 Å². The summed E-state index contributed by atoms with van der Waals surface area (Å²) in [5.74, 6) is 0. The smallest absolute Gasteiger partial charge is 0.143 e. The van der Waals surface area contributed by atoms with Gasteiger partial charge in [-0.2, -0.15) is 0 Å². The number of hydrogen-bond acceptors (Lipinski definition) is 5. The lowest BCUT2D eigenvalue weighted by Gasteiger charge is -2.26. The van der Waals surface area contributed by atoms with Gasteiger partial charge in [0.1, 0.15) is 33.5 Å². The number of nitrogens with zero attached hydrogens (tertiary/aromatic N) is 5. The fourth-order valence-electron chi connectivity index (χ4n) is 21.2. The van der Waals surface area contributed by atoms with E-state index in [-0.39, 0.29) is 0 Å². The molecule has 0 bridgehead atoms. The highest BCUT2D eigenvalue weighted by atomic mass is 16.3. The summed E-state index contributed by atoms with van der Waals surface area (Å²) >= 11 is 0. The van der Waals surface area contributed by atoms with E-state index in [1.807, 2.05) is 37.3 Å². The maximum Gasteiger partial charge on any atom is 0.143 e. The Morgan fingerprint density at radius 3 is 0.835 bits per heavy atom. The van der Waals surface area contributed by atoms with E-state index in [0.29, 0.717) is 0 Å². The molecule has 0 fully saturated rings. The van der Waals surface area contributed by atoms with Crippen molar-refractivity contribution in [2.75, 3.05) is 9.80 Å². The fourth-order valence-corrected chi connectivity index (χ4v) is 21.2. The minimum absolute atomic E-state index is 0.878. The van der Waals surface area contributed by atoms with Crippen LogP contribution in [0.2, 0.25) is 0 Å². The molecule has 0 aliphatic carbocycles. The highest BCUT2D eigenvalue weighted by molar-refractivity contribution is 6.16. The summed E-state index contributed by atoms with van der Waals surface area (Å²) in [7, 11) is 0. The Morgan fingerprint density at radius 2 is 0.468 bits per heavy atom. The van der Waals surface area contributed by atoms with Crippen molar-refractivity contribution in [3.05, 3.63) is 504 Å². The number of fused-ring (bicyclic) bond motifs is 18. The third-order valence-electron chi connectivity index (χ3n) is 27.9. The van der Waals surface area contributed by atoms with Gasteiger partial charge in [0.05, 0.1) is 33.1 Å². The fraction of sp³-hybridized carbons (Fsp3) is 0.00763. The first kappa shape index (κ1) is 81.3. The topological polar surface area (TPSA) is 60.7 Å². The van der Waals surface area contributed by atoms with Crippen LogP contribution < -0.4 is 9.80 Å². The molecule has 139 heavy (non-hydrogen) atoms. The first-order chi connectivity index (χ1) is 68.7. The van der Waals surface area contributed by atoms with Crippen LogP contribution in [-0.4, -0.2) is 13.7 Å². The lowest BCUT2D eigenvalue weighted by molar-refractivity contribution is 0.668. The molecular formula is C131H87N5O3. The average Bonchev–Trinajstić information content (AvgIpc) is 1.59. The lowest BCUT2D eigenvalue weighted by atomic mass is 9.98. The second-order valence-corrected chi connectivity index (χ2v) is 36.0. The van der Waals surface area contributed by atoms with Crippen LogP contribution in [-0.2, 0) is 0 Å². The van der Waals surface area contributed by atoms with E-state index in [1.165, 1.54) is 76.5 Å². The zero-order valence-electron chi connectivity index (χ0n) is 76.1. The van der Waals surface area contributed by atoms with Crippen molar-refractivity contribution in [1.82, 2.24) is 13.7 Å². The number of benzene rings is 21. The Hall–Kier alpha value is -18.5. The summed E-state index contributed by atoms with van der Waals surface area (Å²) in [5.41, 5.74) is 38.9. The molecule has 0 atom stereocenters. The van der Waals surface area contributed by atoms with Gasteiger partial charge < -0.3 is 36.8 Å². The minimum atomic E-state index is 0.878. The highest BCUT2D eigenvalue weighted by Crippen LogP contribution is 2.48. The molecule has 0 saturated heterocycles. The Balaban J connectivity index is 0.000000144. The van der Waals surface area contributed by atoms with Crippen molar-refractivity contribution in [2.24, 2.45) is 0 Å². The third-order valence-corrected chi connectivity index (χ3v) is 27.9. The van der Waals surface area contributed by atoms with Crippen LogP contribution in [0.1, 0.15) is 18.1 Å². The van der Waals surface area contributed by atoms with Crippen molar-refractivity contribution in [3.63, 3.8) is 0 Å². The number of hydrogen-bond donors (Lipinski definition) is 0. The van der Waals surface area contributed by atoms with Crippen molar-refractivity contribution in [1.29, 1.82) is 0 Å². The molecule has 27 rings (SSSR count). The molecule has 0 N–H and O–H groups in total. The average molecular weight is 1780 g/mol. The Bertz CT molecular complexity index is 9400. The minimum Gasteiger partial charge on any atom is -0.455 e. The third kappa shape index (κ3) is 14.0. The van der Waals surface area contributed by atoms with E-state index in [0.717, 1.165) is 189 Å². The van der Waals surface area contributed by atoms with Gasteiger partial charge >= 0.3 is 0 Å². The molecule has 27 aromatic rings. The first-order valence-corrected chi connectivity index (χ1v) is 47.3. The largest absolute Gasteiger partial charge is 0.455 e. The van der Waals surface area contributed by atoms with Crippen LogP contribution in [0.3, 0.4) is 0 Å².